The van der Waals surface area contributed by atoms with E-state index in [9.17, 15) is 0 Å². The number of rotatable bonds is 1. The van der Waals surface area contributed by atoms with E-state index >= 15 is 0 Å². The Morgan fingerprint density at radius 1 is 0.750 bits per heavy atom. The summed E-state index contributed by atoms with van der Waals surface area (Å²) in [6, 6.07) is 22.1. The lowest BCUT2D eigenvalue weighted by Crippen LogP contribution is -2.21. The van der Waals surface area contributed by atoms with Gasteiger partial charge in [0.05, 0.1) is 11.6 Å². The second-order valence-electron chi connectivity index (χ2n) is 8.21. The highest BCUT2D eigenvalue weighted by molar-refractivity contribution is 6.17. The van der Waals surface area contributed by atoms with Crippen LogP contribution in [0.3, 0.4) is 0 Å². The summed E-state index contributed by atoms with van der Waals surface area (Å²) < 4.78 is 0. The van der Waals surface area contributed by atoms with Crippen LogP contribution in [0.4, 0.5) is 0 Å². The lowest BCUT2D eigenvalue weighted by molar-refractivity contribution is 0.0769. The maximum Gasteiger partial charge on any atom is 0.165 e. The third-order valence-electron chi connectivity index (χ3n) is 6.39. The zero-order chi connectivity index (χ0) is 19.0. The molecule has 0 radical (unpaired) electrons. The van der Waals surface area contributed by atoms with E-state index < -0.39 is 0 Å². The minimum atomic E-state index is -0.0562. The van der Waals surface area contributed by atoms with Crippen LogP contribution in [0, 0.1) is 20.8 Å². The third-order valence-corrected chi connectivity index (χ3v) is 6.39. The van der Waals surface area contributed by atoms with E-state index in [2.05, 4.69) is 86.6 Å². The summed E-state index contributed by atoms with van der Waals surface area (Å²) in [5.74, 6) is 0.129. The molecule has 2 heteroatoms. The molecular weight excluding hydrogens is 342 g/mol. The standard InChI is InChI=1S/C26H21NO/c1-14-12-15(2)21(16(3)13-14)25-24-19-8-4-6-17-10-11-18-7-5-9-20(23(18)22(17)19)26(24)28-27-25/h4-13,24,26H,1-3H3/t24-,26-/m1/s1. The van der Waals surface area contributed by atoms with E-state index in [0.717, 1.165) is 5.71 Å². The number of aryl methyl sites for hydroxylation is 3. The molecule has 0 spiro atoms. The van der Waals surface area contributed by atoms with Crippen LogP contribution >= 0.6 is 0 Å². The smallest absolute Gasteiger partial charge is 0.165 e. The van der Waals surface area contributed by atoms with Gasteiger partial charge in [0, 0.05) is 11.1 Å². The van der Waals surface area contributed by atoms with Crippen LogP contribution in [0.2, 0.25) is 0 Å². The second kappa shape index (κ2) is 5.45. The molecule has 0 unspecified atom stereocenters. The first kappa shape index (κ1) is 15.9. The topological polar surface area (TPSA) is 21.6 Å². The van der Waals surface area contributed by atoms with Crippen molar-refractivity contribution in [2.24, 2.45) is 5.16 Å². The van der Waals surface area contributed by atoms with E-state index in [-0.39, 0.29) is 12.0 Å². The number of benzene rings is 4. The first-order valence-electron chi connectivity index (χ1n) is 9.89. The Kier molecular flexibility index (Phi) is 3.09. The normalized spacial score (nSPS) is 19.8. The van der Waals surface area contributed by atoms with Crippen molar-refractivity contribution in [3.05, 3.63) is 94.0 Å². The number of fused-ring (bicyclic) bond motifs is 3. The molecule has 0 saturated carbocycles. The van der Waals surface area contributed by atoms with Crippen LogP contribution in [0.25, 0.3) is 21.5 Å². The van der Waals surface area contributed by atoms with Gasteiger partial charge in [-0.3, -0.25) is 0 Å². The van der Waals surface area contributed by atoms with E-state index in [1.807, 2.05) is 0 Å². The molecule has 0 N–H and O–H groups in total. The summed E-state index contributed by atoms with van der Waals surface area (Å²) >= 11 is 0. The number of hydrogen-bond acceptors (Lipinski definition) is 2. The molecule has 0 saturated heterocycles. The molecule has 2 aliphatic rings. The van der Waals surface area contributed by atoms with Gasteiger partial charge in [-0.2, -0.15) is 0 Å². The Labute approximate surface area is 164 Å². The molecule has 1 aliphatic heterocycles. The van der Waals surface area contributed by atoms with Gasteiger partial charge in [-0.1, -0.05) is 71.4 Å². The van der Waals surface area contributed by atoms with Crippen LogP contribution in [0.1, 0.15) is 45.4 Å². The molecule has 4 aromatic carbocycles. The Bertz CT molecular complexity index is 1310. The van der Waals surface area contributed by atoms with E-state index in [1.165, 1.54) is 54.9 Å². The summed E-state index contributed by atoms with van der Waals surface area (Å²) in [6.07, 6.45) is -0.0562. The van der Waals surface area contributed by atoms with Crippen molar-refractivity contribution in [3.63, 3.8) is 0 Å². The molecule has 1 heterocycles. The Morgan fingerprint density at radius 2 is 1.36 bits per heavy atom. The summed E-state index contributed by atoms with van der Waals surface area (Å²) in [6.45, 7) is 6.52. The van der Waals surface area contributed by atoms with Crippen molar-refractivity contribution in [1.82, 2.24) is 0 Å². The van der Waals surface area contributed by atoms with Gasteiger partial charge in [0.15, 0.2) is 6.10 Å². The summed E-state index contributed by atoms with van der Waals surface area (Å²) in [5.41, 5.74) is 8.72. The highest BCUT2D eigenvalue weighted by Gasteiger charge is 2.42. The minimum Gasteiger partial charge on any atom is -0.386 e. The average Bonchev–Trinajstić information content (AvgIpc) is 3.11. The second-order valence-corrected chi connectivity index (χ2v) is 8.21. The number of oxime groups is 1. The molecule has 28 heavy (non-hydrogen) atoms. The van der Waals surface area contributed by atoms with Gasteiger partial charge in [0.1, 0.15) is 0 Å². The minimum absolute atomic E-state index is 0.0562. The molecule has 2 atom stereocenters. The number of hydrogen-bond donors (Lipinski definition) is 0. The van der Waals surface area contributed by atoms with Crippen molar-refractivity contribution in [3.8, 4) is 0 Å². The van der Waals surface area contributed by atoms with Crippen LogP contribution in [-0.2, 0) is 4.84 Å². The van der Waals surface area contributed by atoms with Crippen molar-refractivity contribution in [2.45, 2.75) is 32.8 Å². The lowest BCUT2D eigenvalue weighted by atomic mass is 9.74. The maximum absolute atomic E-state index is 6.13. The summed E-state index contributed by atoms with van der Waals surface area (Å²) in [5, 5.41) is 9.92. The Hall–Kier alpha value is -3.13. The van der Waals surface area contributed by atoms with E-state index in [0.29, 0.717) is 0 Å². The van der Waals surface area contributed by atoms with Crippen LogP contribution in [0.15, 0.2) is 65.8 Å². The lowest BCUT2D eigenvalue weighted by Gasteiger charge is -2.29. The predicted molar refractivity (Wildman–Crippen MR) is 115 cm³/mol. The molecule has 0 aromatic heterocycles. The molecule has 136 valence electrons. The SMILES string of the molecule is Cc1cc(C)c(C2=NO[C@@H]3c4cccc5ccc6cccc(c6c45)[C@H]23)c(C)c1. The van der Waals surface area contributed by atoms with Gasteiger partial charge < -0.3 is 4.84 Å². The molecule has 1 aliphatic carbocycles. The van der Waals surface area contributed by atoms with Gasteiger partial charge in [-0.15, -0.1) is 0 Å². The summed E-state index contributed by atoms with van der Waals surface area (Å²) in [4.78, 5) is 6.13. The maximum atomic E-state index is 6.13. The van der Waals surface area contributed by atoms with Crippen LogP contribution < -0.4 is 0 Å². The van der Waals surface area contributed by atoms with E-state index in [1.54, 1.807) is 0 Å². The fourth-order valence-electron chi connectivity index (χ4n) is 5.42. The van der Waals surface area contributed by atoms with E-state index in [4.69, 9.17) is 4.84 Å². The largest absolute Gasteiger partial charge is 0.386 e. The highest BCUT2D eigenvalue weighted by atomic mass is 16.6. The molecule has 4 aromatic rings. The molecule has 6 rings (SSSR count). The fraction of sp³-hybridized carbons (Fsp3) is 0.192. The molecule has 2 nitrogen and oxygen atoms in total. The van der Waals surface area contributed by atoms with Gasteiger partial charge in [-0.25, -0.2) is 0 Å². The van der Waals surface area contributed by atoms with Crippen molar-refractivity contribution < 1.29 is 4.84 Å². The third kappa shape index (κ3) is 1.95. The fourth-order valence-corrected chi connectivity index (χ4v) is 5.42. The summed E-state index contributed by atoms with van der Waals surface area (Å²) in [7, 11) is 0. The molecular formula is C26H21NO. The van der Waals surface area contributed by atoms with Gasteiger partial charge in [-0.05, 0) is 59.0 Å². The number of nitrogens with zero attached hydrogens (tertiary/aromatic N) is 1. The first-order chi connectivity index (χ1) is 13.6. The van der Waals surface area contributed by atoms with Crippen molar-refractivity contribution >= 4 is 27.3 Å². The van der Waals surface area contributed by atoms with Gasteiger partial charge in [0.25, 0.3) is 0 Å². The Balaban J connectivity index is 1.68. The monoisotopic (exact) mass is 363 g/mol. The highest BCUT2D eigenvalue weighted by Crippen LogP contribution is 2.51. The molecule has 0 amide bonds. The van der Waals surface area contributed by atoms with Gasteiger partial charge >= 0.3 is 0 Å². The molecule has 0 bridgehead atoms. The zero-order valence-corrected chi connectivity index (χ0v) is 16.3. The first-order valence-corrected chi connectivity index (χ1v) is 9.89. The molecule has 0 fully saturated rings. The van der Waals surface area contributed by atoms with Crippen molar-refractivity contribution in [1.29, 1.82) is 0 Å². The predicted octanol–water partition coefficient (Wildman–Crippen LogP) is 6.49. The quantitative estimate of drug-likeness (QED) is 0.354. The average molecular weight is 363 g/mol. The van der Waals surface area contributed by atoms with Gasteiger partial charge in [0.2, 0.25) is 0 Å². The van der Waals surface area contributed by atoms with Crippen LogP contribution in [-0.4, -0.2) is 5.71 Å². The van der Waals surface area contributed by atoms with Crippen LogP contribution in [0.5, 0.6) is 0 Å². The Morgan fingerprint density at radius 3 is 2.04 bits per heavy atom. The van der Waals surface area contributed by atoms with Crippen molar-refractivity contribution in [2.75, 3.05) is 0 Å². The zero-order valence-electron chi connectivity index (χ0n) is 16.3.